The summed E-state index contributed by atoms with van der Waals surface area (Å²) in [5.41, 5.74) is 0.791. The summed E-state index contributed by atoms with van der Waals surface area (Å²) >= 11 is 0. The van der Waals surface area contributed by atoms with E-state index in [4.69, 9.17) is 14.6 Å². The molecule has 0 aromatic heterocycles. The Hall–Kier alpha value is -1.95. The second-order valence-electron chi connectivity index (χ2n) is 4.51. The van der Waals surface area contributed by atoms with Crippen molar-refractivity contribution in [2.45, 2.75) is 12.5 Å². The number of rotatable bonds is 4. The fraction of sp³-hybridized carbons (Fsp3) is 0.462. The molecule has 0 saturated carbocycles. The van der Waals surface area contributed by atoms with Crippen LogP contribution in [0.2, 0.25) is 0 Å². The molecular weight excluding hydrogens is 250 g/mol. The molecule has 0 spiro atoms. The van der Waals surface area contributed by atoms with Gasteiger partial charge in [-0.2, -0.15) is 0 Å². The van der Waals surface area contributed by atoms with E-state index < -0.39 is 11.9 Å². The Morgan fingerprint density at radius 1 is 1.37 bits per heavy atom. The van der Waals surface area contributed by atoms with Gasteiger partial charge in [0.15, 0.2) is 11.5 Å². The maximum Gasteiger partial charge on any atom is 0.307 e. The first-order valence-electron chi connectivity index (χ1n) is 5.98. The van der Waals surface area contributed by atoms with Crippen LogP contribution in [0.25, 0.3) is 0 Å². The summed E-state index contributed by atoms with van der Waals surface area (Å²) in [6, 6.07) is 3.22. The molecule has 1 aliphatic heterocycles. The Kier molecular flexibility index (Phi) is 3.80. The maximum atomic E-state index is 10.9. The molecule has 2 unspecified atom stereocenters. The predicted octanol–water partition coefficient (Wildman–Crippen LogP) is 1.14. The van der Waals surface area contributed by atoms with Gasteiger partial charge in [0.1, 0.15) is 0 Å². The third kappa shape index (κ3) is 2.58. The molecule has 0 aliphatic carbocycles. The van der Waals surface area contributed by atoms with E-state index >= 15 is 0 Å². The van der Waals surface area contributed by atoms with Crippen molar-refractivity contribution in [2.24, 2.45) is 5.92 Å². The van der Waals surface area contributed by atoms with E-state index in [0.29, 0.717) is 18.7 Å². The SMILES string of the molecule is COc1cc(C2CC(C(=O)O)CN2)cc(O)c1OC. The molecule has 0 radical (unpaired) electrons. The second kappa shape index (κ2) is 5.36. The van der Waals surface area contributed by atoms with E-state index in [9.17, 15) is 9.90 Å². The Balaban J connectivity index is 2.27. The summed E-state index contributed by atoms with van der Waals surface area (Å²) in [4.78, 5) is 10.9. The van der Waals surface area contributed by atoms with E-state index in [1.807, 2.05) is 0 Å². The lowest BCUT2D eigenvalue weighted by Gasteiger charge is -2.15. The van der Waals surface area contributed by atoms with Gasteiger partial charge in [0.05, 0.1) is 20.1 Å². The van der Waals surface area contributed by atoms with Crippen LogP contribution in [0.1, 0.15) is 18.0 Å². The zero-order valence-corrected chi connectivity index (χ0v) is 10.8. The van der Waals surface area contributed by atoms with Gasteiger partial charge in [0.2, 0.25) is 5.75 Å². The first-order valence-corrected chi connectivity index (χ1v) is 5.98. The molecule has 1 aromatic carbocycles. The fourth-order valence-corrected chi connectivity index (χ4v) is 2.34. The number of hydrogen-bond donors (Lipinski definition) is 3. The monoisotopic (exact) mass is 267 g/mol. The number of phenolic OH excluding ortho intramolecular Hbond substituents is 1. The van der Waals surface area contributed by atoms with Crippen LogP contribution in [-0.4, -0.2) is 36.9 Å². The smallest absolute Gasteiger partial charge is 0.307 e. The molecule has 3 N–H and O–H groups in total. The average Bonchev–Trinajstić information content (AvgIpc) is 2.87. The summed E-state index contributed by atoms with van der Waals surface area (Å²) in [6.07, 6.45) is 0.490. The van der Waals surface area contributed by atoms with Crippen LogP contribution >= 0.6 is 0 Å². The van der Waals surface area contributed by atoms with Gasteiger partial charge in [-0.25, -0.2) is 0 Å². The highest BCUT2D eigenvalue weighted by Gasteiger charge is 2.31. The molecule has 2 atom stereocenters. The van der Waals surface area contributed by atoms with E-state index in [0.717, 1.165) is 5.56 Å². The quantitative estimate of drug-likeness (QED) is 0.758. The summed E-state index contributed by atoms with van der Waals surface area (Å²) in [5, 5.41) is 22.0. The van der Waals surface area contributed by atoms with Crippen molar-refractivity contribution in [3.05, 3.63) is 17.7 Å². The molecule has 1 aromatic rings. The first-order chi connectivity index (χ1) is 9.06. The Morgan fingerprint density at radius 3 is 2.63 bits per heavy atom. The van der Waals surface area contributed by atoms with Gasteiger partial charge in [-0.3, -0.25) is 4.79 Å². The molecule has 6 heteroatoms. The van der Waals surface area contributed by atoms with Gasteiger partial charge >= 0.3 is 5.97 Å². The number of carbonyl (C=O) groups is 1. The van der Waals surface area contributed by atoms with Gasteiger partial charge in [0, 0.05) is 12.6 Å². The standard InChI is InChI=1S/C13H17NO5/c1-18-11-5-7(4-10(15)12(11)19-2)9-3-8(6-14-9)13(16)17/h4-5,8-9,14-15H,3,6H2,1-2H3,(H,16,17). The van der Waals surface area contributed by atoms with Crippen LogP contribution in [0.5, 0.6) is 17.2 Å². The van der Waals surface area contributed by atoms with Crippen molar-refractivity contribution >= 4 is 5.97 Å². The highest BCUT2D eigenvalue weighted by molar-refractivity contribution is 5.71. The molecule has 1 aliphatic rings. The minimum absolute atomic E-state index is 0.0163. The van der Waals surface area contributed by atoms with Crippen LogP contribution in [0, 0.1) is 5.92 Å². The number of aliphatic carboxylic acids is 1. The topological polar surface area (TPSA) is 88.0 Å². The van der Waals surface area contributed by atoms with Crippen molar-refractivity contribution in [3.8, 4) is 17.2 Å². The molecule has 0 amide bonds. The average molecular weight is 267 g/mol. The molecule has 1 saturated heterocycles. The van der Waals surface area contributed by atoms with Gasteiger partial charge in [-0.15, -0.1) is 0 Å². The fourth-order valence-electron chi connectivity index (χ4n) is 2.34. The zero-order valence-electron chi connectivity index (χ0n) is 10.8. The number of aromatic hydroxyl groups is 1. The van der Waals surface area contributed by atoms with Crippen molar-refractivity contribution < 1.29 is 24.5 Å². The van der Waals surface area contributed by atoms with Gasteiger partial charge in [0.25, 0.3) is 0 Å². The van der Waals surface area contributed by atoms with Crippen LogP contribution < -0.4 is 14.8 Å². The minimum Gasteiger partial charge on any atom is -0.504 e. The molecule has 1 heterocycles. The molecular formula is C13H17NO5. The van der Waals surface area contributed by atoms with E-state index in [1.54, 1.807) is 12.1 Å². The van der Waals surface area contributed by atoms with E-state index in [2.05, 4.69) is 5.32 Å². The van der Waals surface area contributed by atoms with Crippen molar-refractivity contribution in [3.63, 3.8) is 0 Å². The number of carboxylic acid groups (broad SMARTS) is 1. The Bertz CT molecular complexity index is 488. The predicted molar refractivity (Wildman–Crippen MR) is 67.7 cm³/mol. The lowest BCUT2D eigenvalue weighted by Crippen LogP contribution is -2.17. The van der Waals surface area contributed by atoms with E-state index in [-0.39, 0.29) is 17.5 Å². The second-order valence-corrected chi connectivity index (χ2v) is 4.51. The molecule has 2 rings (SSSR count). The normalized spacial score (nSPS) is 22.2. The van der Waals surface area contributed by atoms with Gasteiger partial charge in [-0.1, -0.05) is 0 Å². The lowest BCUT2D eigenvalue weighted by atomic mass is 9.99. The molecule has 1 fully saturated rings. The van der Waals surface area contributed by atoms with Gasteiger partial charge in [-0.05, 0) is 24.1 Å². The van der Waals surface area contributed by atoms with Crippen molar-refractivity contribution in [1.82, 2.24) is 5.32 Å². The summed E-state index contributed by atoms with van der Waals surface area (Å²) in [7, 11) is 2.94. The largest absolute Gasteiger partial charge is 0.504 e. The number of ether oxygens (including phenoxy) is 2. The van der Waals surface area contributed by atoms with Gasteiger partial charge < -0.3 is 25.0 Å². The van der Waals surface area contributed by atoms with Crippen molar-refractivity contribution in [2.75, 3.05) is 20.8 Å². The zero-order chi connectivity index (χ0) is 14.0. The molecule has 19 heavy (non-hydrogen) atoms. The van der Waals surface area contributed by atoms with Crippen LogP contribution in [-0.2, 0) is 4.79 Å². The Labute approximate surface area is 111 Å². The van der Waals surface area contributed by atoms with Crippen LogP contribution in [0.3, 0.4) is 0 Å². The number of benzene rings is 1. The highest BCUT2D eigenvalue weighted by atomic mass is 16.5. The molecule has 6 nitrogen and oxygen atoms in total. The summed E-state index contributed by atoms with van der Waals surface area (Å²) < 4.78 is 10.2. The number of phenols is 1. The van der Waals surface area contributed by atoms with Crippen molar-refractivity contribution in [1.29, 1.82) is 0 Å². The maximum absolute atomic E-state index is 10.9. The van der Waals surface area contributed by atoms with Crippen LogP contribution in [0.4, 0.5) is 0 Å². The first kappa shape index (κ1) is 13.5. The van der Waals surface area contributed by atoms with E-state index in [1.165, 1.54) is 14.2 Å². The molecule has 104 valence electrons. The number of hydrogen-bond acceptors (Lipinski definition) is 5. The minimum atomic E-state index is -0.806. The van der Waals surface area contributed by atoms with Crippen LogP contribution in [0.15, 0.2) is 12.1 Å². The number of methoxy groups -OCH3 is 2. The number of nitrogens with one attached hydrogen (secondary N) is 1. The highest BCUT2D eigenvalue weighted by Crippen LogP contribution is 2.40. The summed E-state index contributed by atoms with van der Waals surface area (Å²) in [6.45, 7) is 0.426. The summed E-state index contributed by atoms with van der Waals surface area (Å²) in [5.74, 6) is -0.519. The lowest BCUT2D eigenvalue weighted by molar-refractivity contribution is -0.141. The molecule has 0 bridgehead atoms. The third-order valence-corrected chi connectivity index (χ3v) is 3.36. The Morgan fingerprint density at radius 2 is 2.11 bits per heavy atom. The third-order valence-electron chi connectivity index (χ3n) is 3.36. The number of carboxylic acids is 1.